The molecule has 0 bridgehead atoms. The molecule has 1 aliphatic rings. The largest absolute Gasteiger partial charge is 0.347 e. The summed E-state index contributed by atoms with van der Waals surface area (Å²) in [5.41, 5.74) is 2.36. The van der Waals surface area contributed by atoms with Gasteiger partial charge in [-0.05, 0) is 6.07 Å². The van der Waals surface area contributed by atoms with Crippen molar-refractivity contribution in [3.05, 3.63) is 29.7 Å². The minimum Gasteiger partial charge on any atom is -0.347 e. The van der Waals surface area contributed by atoms with E-state index in [-0.39, 0.29) is 5.91 Å². The van der Waals surface area contributed by atoms with Gasteiger partial charge in [0, 0.05) is 12.1 Å². The van der Waals surface area contributed by atoms with E-state index in [4.69, 9.17) is 0 Å². The van der Waals surface area contributed by atoms with Crippen LogP contribution < -0.4 is 5.32 Å². The molecule has 64 valence electrons. The average Bonchev–Trinajstić information content (AvgIpc) is 2.70. The number of nitrogens with zero attached hydrogens (tertiary/aromatic N) is 3. The Kier molecular flexibility index (Phi) is 1.05. The van der Waals surface area contributed by atoms with Gasteiger partial charge in [-0.15, -0.1) is 10.2 Å². The number of carbonyl (C=O) groups is 1. The van der Waals surface area contributed by atoms with Crippen LogP contribution in [0.1, 0.15) is 16.1 Å². The quantitative estimate of drug-likeness (QED) is 0.610. The lowest BCUT2D eigenvalue weighted by Crippen LogP contribution is -2.14. The van der Waals surface area contributed by atoms with Gasteiger partial charge in [-0.3, -0.25) is 9.20 Å². The second-order valence-electron chi connectivity index (χ2n) is 2.95. The zero-order valence-electron chi connectivity index (χ0n) is 6.69. The summed E-state index contributed by atoms with van der Waals surface area (Å²) in [6.07, 6.45) is 1.55. The van der Waals surface area contributed by atoms with Crippen molar-refractivity contribution in [2.75, 3.05) is 0 Å². The zero-order valence-corrected chi connectivity index (χ0v) is 6.69. The van der Waals surface area contributed by atoms with Gasteiger partial charge in [0.15, 0.2) is 5.65 Å². The molecular formula is C8H6N4O. The third-order valence-corrected chi connectivity index (χ3v) is 2.21. The number of rotatable bonds is 0. The SMILES string of the molecule is O=C1NCc2ccc3nncn3c21. The van der Waals surface area contributed by atoms with Crippen molar-refractivity contribution in [3.63, 3.8) is 0 Å². The molecule has 0 aliphatic carbocycles. The predicted molar refractivity (Wildman–Crippen MR) is 44.2 cm³/mol. The lowest BCUT2D eigenvalue weighted by atomic mass is 10.2. The number of carbonyl (C=O) groups excluding carboxylic acids is 1. The number of aromatic nitrogens is 3. The monoisotopic (exact) mass is 174 g/mol. The highest BCUT2D eigenvalue weighted by Gasteiger charge is 2.21. The molecule has 3 rings (SSSR count). The second-order valence-corrected chi connectivity index (χ2v) is 2.95. The molecule has 0 aromatic carbocycles. The van der Waals surface area contributed by atoms with Crippen LogP contribution in [0.25, 0.3) is 5.65 Å². The summed E-state index contributed by atoms with van der Waals surface area (Å²) in [5.74, 6) is -0.0552. The summed E-state index contributed by atoms with van der Waals surface area (Å²) in [7, 11) is 0. The van der Waals surface area contributed by atoms with Gasteiger partial charge >= 0.3 is 0 Å². The van der Waals surface area contributed by atoms with Crippen molar-refractivity contribution < 1.29 is 4.79 Å². The fourth-order valence-corrected chi connectivity index (χ4v) is 1.60. The molecule has 0 atom stereocenters. The van der Waals surface area contributed by atoms with Crippen molar-refractivity contribution in [1.29, 1.82) is 0 Å². The maximum Gasteiger partial charge on any atom is 0.268 e. The van der Waals surface area contributed by atoms with Crippen molar-refractivity contribution >= 4 is 11.6 Å². The molecule has 0 saturated carbocycles. The van der Waals surface area contributed by atoms with Crippen LogP contribution in [0.3, 0.4) is 0 Å². The Bertz CT molecular complexity index is 502. The summed E-state index contributed by atoms with van der Waals surface area (Å²) in [6, 6.07) is 3.75. The van der Waals surface area contributed by atoms with Gasteiger partial charge in [-0.2, -0.15) is 0 Å². The van der Waals surface area contributed by atoms with Gasteiger partial charge in [0.25, 0.3) is 5.91 Å². The molecule has 5 heteroatoms. The summed E-state index contributed by atoms with van der Waals surface area (Å²) < 4.78 is 1.71. The van der Waals surface area contributed by atoms with E-state index in [0.29, 0.717) is 17.9 Å². The van der Waals surface area contributed by atoms with Gasteiger partial charge in [0.1, 0.15) is 12.0 Å². The van der Waals surface area contributed by atoms with E-state index >= 15 is 0 Å². The van der Waals surface area contributed by atoms with Crippen LogP contribution in [-0.4, -0.2) is 20.5 Å². The summed E-state index contributed by atoms with van der Waals surface area (Å²) in [4.78, 5) is 11.4. The Morgan fingerprint density at radius 3 is 3.31 bits per heavy atom. The van der Waals surface area contributed by atoms with E-state index in [9.17, 15) is 4.79 Å². The summed E-state index contributed by atoms with van der Waals surface area (Å²) in [5, 5.41) is 10.4. The van der Waals surface area contributed by atoms with Crippen molar-refractivity contribution in [2.45, 2.75) is 6.54 Å². The van der Waals surface area contributed by atoms with Crippen LogP contribution in [0.4, 0.5) is 0 Å². The topological polar surface area (TPSA) is 59.3 Å². The number of amides is 1. The molecule has 0 radical (unpaired) electrons. The first-order valence-corrected chi connectivity index (χ1v) is 3.96. The van der Waals surface area contributed by atoms with Crippen LogP contribution in [0, 0.1) is 0 Å². The fourth-order valence-electron chi connectivity index (χ4n) is 1.60. The smallest absolute Gasteiger partial charge is 0.268 e. The highest BCUT2D eigenvalue weighted by molar-refractivity contribution is 5.97. The summed E-state index contributed by atoms with van der Waals surface area (Å²) in [6.45, 7) is 0.599. The first kappa shape index (κ1) is 6.59. The first-order chi connectivity index (χ1) is 6.36. The first-order valence-electron chi connectivity index (χ1n) is 3.96. The average molecular weight is 174 g/mol. The maximum atomic E-state index is 11.4. The van der Waals surface area contributed by atoms with Gasteiger partial charge in [0.05, 0.1) is 0 Å². The minimum atomic E-state index is -0.0552. The van der Waals surface area contributed by atoms with Crippen LogP contribution in [0.2, 0.25) is 0 Å². The van der Waals surface area contributed by atoms with Crippen LogP contribution in [-0.2, 0) is 6.54 Å². The van der Waals surface area contributed by atoms with Gasteiger partial charge in [-0.25, -0.2) is 0 Å². The second kappa shape index (κ2) is 2.07. The normalized spacial score (nSPS) is 14.6. The molecule has 13 heavy (non-hydrogen) atoms. The zero-order chi connectivity index (χ0) is 8.84. The number of hydrogen-bond acceptors (Lipinski definition) is 3. The maximum absolute atomic E-state index is 11.4. The minimum absolute atomic E-state index is 0.0552. The lowest BCUT2D eigenvalue weighted by Gasteiger charge is -1.97. The number of nitrogens with one attached hydrogen (secondary N) is 1. The highest BCUT2D eigenvalue weighted by atomic mass is 16.2. The predicted octanol–water partition coefficient (Wildman–Crippen LogP) is -0.0273. The molecule has 1 amide bonds. The van der Waals surface area contributed by atoms with Crippen LogP contribution in [0.15, 0.2) is 18.5 Å². The Labute approximate surface area is 73.4 Å². The van der Waals surface area contributed by atoms with Gasteiger partial charge in [0.2, 0.25) is 0 Å². The summed E-state index contributed by atoms with van der Waals surface area (Å²) >= 11 is 0. The molecular weight excluding hydrogens is 168 g/mol. The molecule has 2 aromatic rings. The molecule has 5 nitrogen and oxygen atoms in total. The van der Waals surface area contributed by atoms with E-state index in [2.05, 4.69) is 15.5 Å². The van der Waals surface area contributed by atoms with E-state index in [1.165, 1.54) is 0 Å². The van der Waals surface area contributed by atoms with Gasteiger partial charge < -0.3 is 5.32 Å². The lowest BCUT2D eigenvalue weighted by molar-refractivity contribution is 0.0960. The van der Waals surface area contributed by atoms with Crippen molar-refractivity contribution in [3.8, 4) is 0 Å². The molecule has 0 fully saturated rings. The van der Waals surface area contributed by atoms with Crippen molar-refractivity contribution in [1.82, 2.24) is 19.9 Å². The Morgan fingerprint density at radius 1 is 1.46 bits per heavy atom. The van der Waals surface area contributed by atoms with Gasteiger partial charge in [-0.1, -0.05) is 6.07 Å². The molecule has 1 aliphatic heterocycles. The number of fused-ring (bicyclic) bond motifs is 3. The molecule has 0 saturated heterocycles. The Morgan fingerprint density at radius 2 is 2.38 bits per heavy atom. The van der Waals surface area contributed by atoms with E-state index in [1.54, 1.807) is 10.7 Å². The Hall–Kier alpha value is -1.91. The number of hydrogen-bond donors (Lipinski definition) is 1. The van der Waals surface area contributed by atoms with Crippen LogP contribution in [0.5, 0.6) is 0 Å². The van der Waals surface area contributed by atoms with E-state index in [0.717, 1.165) is 5.56 Å². The van der Waals surface area contributed by atoms with Crippen molar-refractivity contribution in [2.24, 2.45) is 0 Å². The van der Waals surface area contributed by atoms with E-state index < -0.39 is 0 Å². The standard InChI is InChI=1S/C8H6N4O/c13-8-7-5(3-9-8)1-2-6-11-10-4-12(6)7/h1-2,4H,3H2,(H,9,13). The third-order valence-electron chi connectivity index (χ3n) is 2.21. The van der Waals surface area contributed by atoms with E-state index in [1.807, 2.05) is 12.1 Å². The molecule has 0 unspecified atom stereocenters. The van der Waals surface area contributed by atoms with Crippen LogP contribution >= 0.6 is 0 Å². The molecule has 0 spiro atoms. The number of pyridine rings is 1. The molecule has 1 N–H and O–H groups in total. The Balaban J connectivity index is 2.49. The third kappa shape index (κ3) is 0.729. The highest BCUT2D eigenvalue weighted by Crippen LogP contribution is 2.16. The fraction of sp³-hybridized carbons (Fsp3) is 0.125. The molecule has 2 aromatic heterocycles. The molecule has 3 heterocycles.